The third kappa shape index (κ3) is 6.89. The van der Waals surface area contributed by atoms with E-state index >= 15 is 0 Å². The van der Waals surface area contributed by atoms with E-state index in [0.717, 1.165) is 84.7 Å². The predicted molar refractivity (Wildman–Crippen MR) is 177 cm³/mol. The Balaban J connectivity index is 1.20. The molecule has 0 aliphatic carbocycles. The minimum absolute atomic E-state index is 0.0000974. The van der Waals surface area contributed by atoms with Crippen molar-refractivity contribution in [3.05, 3.63) is 78.5 Å². The first-order valence-electron chi connectivity index (χ1n) is 15.9. The zero-order chi connectivity index (χ0) is 29.8. The highest BCUT2D eigenvalue weighted by Crippen LogP contribution is 2.35. The van der Waals surface area contributed by atoms with E-state index in [1.165, 1.54) is 6.54 Å². The SMILES string of the molecule is CC(C)CN1CCN(CCCOc2cc(C(=O)N3CC[C@H](C)Nc4ccccc43)ccc2-c2ccc3[nH]ccc3c2)CC1. The molecule has 1 amide bonds. The number of hydrogen-bond donors (Lipinski definition) is 2. The van der Waals surface area contributed by atoms with Gasteiger partial charge in [0.2, 0.25) is 0 Å². The highest BCUT2D eigenvalue weighted by Gasteiger charge is 2.25. The summed E-state index contributed by atoms with van der Waals surface area (Å²) in [5, 5.41) is 4.71. The van der Waals surface area contributed by atoms with Crippen molar-refractivity contribution in [2.75, 3.05) is 62.6 Å². The number of amides is 1. The number of carbonyl (C=O) groups excluding carboxylic acids is 1. The molecule has 1 saturated heterocycles. The Morgan fingerprint density at radius 2 is 1.77 bits per heavy atom. The van der Waals surface area contributed by atoms with Gasteiger partial charge in [-0.3, -0.25) is 4.79 Å². The van der Waals surface area contributed by atoms with Gasteiger partial charge in [0, 0.05) is 74.7 Å². The summed E-state index contributed by atoms with van der Waals surface area (Å²) in [4.78, 5) is 24.3. The fourth-order valence-electron chi connectivity index (χ4n) is 6.39. The van der Waals surface area contributed by atoms with Crippen LogP contribution in [0.3, 0.4) is 0 Å². The average molecular weight is 580 g/mol. The highest BCUT2D eigenvalue weighted by molar-refractivity contribution is 6.08. The molecule has 6 rings (SSSR count). The summed E-state index contributed by atoms with van der Waals surface area (Å²) in [5.74, 6) is 1.47. The van der Waals surface area contributed by atoms with Crippen molar-refractivity contribution in [2.24, 2.45) is 5.92 Å². The number of nitrogens with zero attached hydrogens (tertiary/aromatic N) is 3. The number of aromatic amines is 1. The average Bonchev–Trinajstić information content (AvgIpc) is 3.41. The van der Waals surface area contributed by atoms with Crippen LogP contribution in [-0.4, -0.2) is 79.2 Å². The minimum Gasteiger partial charge on any atom is -0.493 e. The van der Waals surface area contributed by atoms with Gasteiger partial charge in [-0.1, -0.05) is 32.0 Å². The summed E-state index contributed by atoms with van der Waals surface area (Å²) in [6, 6.07) is 22.8. The van der Waals surface area contributed by atoms with Crippen molar-refractivity contribution < 1.29 is 9.53 Å². The van der Waals surface area contributed by atoms with Crippen LogP contribution < -0.4 is 15.0 Å². The molecule has 43 heavy (non-hydrogen) atoms. The van der Waals surface area contributed by atoms with Crippen molar-refractivity contribution in [1.82, 2.24) is 14.8 Å². The second kappa shape index (κ2) is 13.2. The van der Waals surface area contributed by atoms with E-state index in [0.29, 0.717) is 30.7 Å². The Bertz CT molecular complexity index is 1540. The largest absolute Gasteiger partial charge is 0.493 e. The molecule has 2 aliphatic heterocycles. The number of nitrogens with one attached hydrogen (secondary N) is 2. The topological polar surface area (TPSA) is 63.8 Å². The molecule has 1 fully saturated rings. The van der Waals surface area contributed by atoms with Gasteiger partial charge in [0.1, 0.15) is 5.75 Å². The van der Waals surface area contributed by atoms with E-state index in [2.05, 4.69) is 77.3 Å². The quantitative estimate of drug-likeness (QED) is 0.215. The van der Waals surface area contributed by atoms with Crippen LogP contribution in [0.4, 0.5) is 11.4 Å². The Morgan fingerprint density at radius 1 is 0.953 bits per heavy atom. The van der Waals surface area contributed by atoms with Gasteiger partial charge in [-0.25, -0.2) is 0 Å². The van der Waals surface area contributed by atoms with E-state index in [1.54, 1.807) is 0 Å². The number of para-hydroxylation sites is 2. The molecule has 0 spiro atoms. The fraction of sp³-hybridized carbons (Fsp3) is 0.417. The minimum atomic E-state index is 0.0000974. The highest BCUT2D eigenvalue weighted by atomic mass is 16.5. The van der Waals surface area contributed by atoms with Crippen LogP contribution in [0.5, 0.6) is 5.75 Å². The van der Waals surface area contributed by atoms with E-state index in [1.807, 2.05) is 41.4 Å². The molecule has 1 aromatic heterocycles. The first-order valence-corrected chi connectivity index (χ1v) is 15.9. The van der Waals surface area contributed by atoms with Crippen LogP contribution in [0.1, 0.15) is 44.0 Å². The standard InChI is InChI=1S/C36H45N5O2/c1-26(2)25-40-20-18-39(19-21-40)16-6-22-43-35-24-30(9-11-31(35)28-10-12-32-29(23-28)13-15-37-32)36(42)41-17-14-27(3)38-33-7-4-5-8-34(33)41/h4-5,7-13,15,23-24,26-27,37-38H,6,14,16-22,25H2,1-3H3/t27-/m0/s1. The molecule has 0 radical (unpaired) electrons. The van der Waals surface area contributed by atoms with Crippen molar-refractivity contribution in [1.29, 1.82) is 0 Å². The van der Waals surface area contributed by atoms with Gasteiger partial charge in [0.25, 0.3) is 5.91 Å². The molecule has 226 valence electrons. The number of hydrogen-bond acceptors (Lipinski definition) is 5. The number of aromatic nitrogens is 1. The molecule has 7 heteroatoms. The van der Waals surface area contributed by atoms with Gasteiger partial charge in [-0.15, -0.1) is 0 Å². The molecule has 3 aromatic carbocycles. The molecule has 2 aliphatic rings. The van der Waals surface area contributed by atoms with Crippen LogP contribution in [0.25, 0.3) is 22.0 Å². The monoisotopic (exact) mass is 579 g/mol. The van der Waals surface area contributed by atoms with Crippen LogP contribution in [0.15, 0.2) is 72.9 Å². The second-order valence-electron chi connectivity index (χ2n) is 12.5. The van der Waals surface area contributed by atoms with Gasteiger partial charge in [-0.05, 0) is 85.2 Å². The molecular formula is C36H45N5O2. The maximum absolute atomic E-state index is 14.0. The van der Waals surface area contributed by atoms with E-state index < -0.39 is 0 Å². The van der Waals surface area contributed by atoms with E-state index in [4.69, 9.17) is 4.74 Å². The van der Waals surface area contributed by atoms with Gasteiger partial charge in [-0.2, -0.15) is 0 Å². The summed E-state index contributed by atoms with van der Waals surface area (Å²) in [6.45, 7) is 14.7. The third-order valence-corrected chi connectivity index (χ3v) is 8.68. The zero-order valence-corrected chi connectivity index (χ0v) is 25.8. The summed E-state index contributed by atoms with van der Waals surface area (Å²) in [6.07, 6.45) is 3.79. The lowest BCUT2D eigenvalue weighted by atomic mass is 10.0. The van der Waals surface area contributed by atoms with Crippen LogP contribution in [0.2, 0.25) is 0 Å². The Kier molecular flexibility index (Phi) is 9.00. The maximum atomic E-state index is 14.0. The number of fused-ring (bicyclic) bond motifs is 2. The molecule has 1 atom stereocenters. The number of anilines is 2. The lowest BCUT2D eigenvalue weighted by molar-refractivity contribution is 0.0986. The first kappa shape index (κ1) is 29.3. The lowest BCUT2D eigenvalue weighted by Gasteiger charge is -2.35. The molecule has 7 nitrogen and oxygen atoms in total. The number of rotatable bonds is 9. The molecule has 0 unspecified atom stereocenters. The number of ether oxygens (including phenoxy) is 1. The summed E-state index contributed by atoms with van der Waals surface area (Å²) in [7, 11) is 0. The number of benzene rings is 3. The second-order valence-corrected chi connectivity index (χ2v) is 12.5. The number of piperazine rings is 1. The van der Waals surface area contributed by atoms with Crippen LogP contribution in [0, 0.1) is 5.92 Å². The fourth-order valence-corrected chi connectivity index (χ4v) is 6.39. The predicted octanol–water partition coefficient (Wildman–Crippen LogP) is 6.73. The van der Waals surface area contributed by atoms with E-state index in [9.17, 15) is 4.79 Å². The first-order chi connectivity index (χ1) is 20.9. The molecular weight excluding hydrogens is 534 g/mol. The third-order valence-electron chi connectivity index (χ3n) is 8.68. The van der Waals surface area contributed by atoms with E-state index in [-0.39, 0.29) is 5.91 Å². The van der Waals surface area contributed by atoms with Crippen molar-refractivity contribution in [2.45, 2.75) is 39.7 Å². The Morgan fingerprint density at radius 3 is 2.60 bits per heavy atom. The van der Waals surface area contributed by atoms with Gasteiger partial charge in [0.05, 0.1) is 18.0 Å². The normalized spacial score (nSPS) is 18.0. The van der Waals surface area contributed by atoms with Crippen molar-refractivity contribution >= 4 is 28.2 Å². The lowest BCUT2D eigenvalue weighted by Crippen LogP contribution is -2.47. The van der Waals surface area contributed by atoms with Crippen LogP contribution in [-0.2, 0) is 0 Å². The number of carbonyl (C=O) groups is 1. The molecule has 0 saturated carbocycles. The summed E-state index contributed by atoms with van der Waals surface area (Å²) < 4.78 is 6.51. The Hall–Kier alpha value is -3.81. The number of H-pyrrole nitrogens is 1. The molecule has 0 bridgehead atoms. The molecule has 4 aromatic rings. The van der Waals surface area contributed by atoms with Gasteiger partial charge < -0.3 is 29.7 Å². The van der Waals surface area contributed by atoms with Crippen LogP contribution >= 0.6 is 0 Å². The zero-order valence-electron chi connectivity index (χ0n) is 25.8. The van der Waals surface area contributed by atoms with Gasteiger partial charge >= 0.3 is 0 Å². The molecule has 3 heterocycles. The summed E-state index contributed by atoms with van der Waals surface area (Å²) >= 11 is 0. The Labute approximate surface area is 255 Å². The molecule has 2 N–H and O–H groups in total. The summed E-state index contributed by atoms with van der Waals surface area (Å²) in [5.41, 5.74) is 5.77. The van der Waals surface area contributed by atoms with Crippen molar-refractivity contribution in [3.63, 3.8) is 0 Å². The smallest absolute Gasteiger partial charge is 0.258 e. The maximum Gasteiger partial charge on any atom is 0.258 e. The van der Waals surface area contributed by atoms with Gasteiger partial charge in [0.15, 0.2) is 0 Å². The van der Waals surface area contributed by atoms with Crippen molar-refractivity contribution in [3.8, 4) is 16.9 Å².